The molecule has 2 nitrogen and oxygen atoms in total. The number of benzene rings is 7. The fraction of sp³-hybridized carbons (Fsp3) is 0. The van der Waals surface area contributed by atoms with E-state index in [0.29, 0.717) is 0 Å². The molecule has 3 aromatic heterocycles. The van der Waals surface area contributed by atoms with Gasteiger partial charge in [0, 0.05) is 42.1 Å². The van der Waals surface area contributed by atoms with Crippen molar-refractivity contribution in [2.75, 3.05) is 0 Å². The highest BCUT2D eigenvalue weighted by atomic mass is 32.1. The van der Waals surface area contributed by atoms with Crippen LogP contribution in [0.25, 0.3) is 97.2 Å². The van der Waals surface area contributed by atoms with Gasteiger partial charge in [0.05, 0.1) is 22.4 Å². The number of nitrogens with zero attached hydrogens (tertiary/aromatic N) is 2. The standard InChI is InChI=1S/C44H26N2S/c1-2-8-28(9-3-1)37-23-20-30-18-19-31-21-24-38(46-44(31)43(30)45-37)29-16-14-27(15-17-29)36-26-32-22-25-40-42(35-12-6-7-13-39(35)47-40)41(32)34-11-5-4-10-33(34)36/h1-26H. The van der Waals surface area contributed by atoms with Gasteiger partial charge in [-0.25, -0.2) is 9.97 Å². The summed E-state index contributed by atoms with van der Waals surface area (Å²) in [6.07, 6.45) is 0. The van der Waals surface area contributed by atoms with Crippen molar-refractivity contribution < 1.29 is 0 Å². The number of hydrogen-bond acceptors (Lipinski definition) is 3. The van der Waals surface area contributed by atoms with E-state index in [1.165, 1.54) is 52.8 Å². The summed E-state index contributed by atoms with van der Waals surface area (Å²) in [7, 11) is 0. The SMILES string of the molecule is c1ccc(-c2ccc3ccc4ccc(-c5ccc(-c6cc7ccc8sc9ccccc9c8c7c7ccccc67)cc5)nc4c3n2)cc1. The zero-order chi connectivity index (χ0) is 30.9. The Morgan fingerprint density at radius 3 is 1.64 bits per heavy atom. The summed E-state index contributed by atoms with van der Waals surface area (Å²) in [5.74, 6) is 0. The first-order valence-corrected chi connectivity index (χ1v) is 16.7. The number of pyridine rings is 2. The minimum absolute atomic E-state index is 0.926. The molecule has 0 spiro atoms. The van der Waals surface area contributed by atoms with Gasteiger partial charge in [-0.05, 0) is 63.0 Å². The summed E-state index contributed by atoms with van der Waals surface area (Å²) < 4.78 is 2.67. The van der Waals surface area contributed by atoms with Crippen molar-refractivity contribution in [3.63, 3.8) is 0 Å². The Hall–Kier alpha value is -5.90. The molecule has 0 N–H and O–H groups in total. The summed E-state index contributed by atoms with van der Waals surface area (Å²) in [5.41, 5.74) is 8.38. The largest absolute Gasteiger partial charge is 0.245 e. The van der Waals surface area contributed by atoms with Crippen LogP contribution in [0, 0.1) is 0 Å². The van der Waals surface area contributed by atoms with Gasteiger partial charge < -0.3 is 0 Å². The van der Waals surface area contributed by atoms with Crippen LogP contribution in [0.3, 0.4) is 0 Å². The number of fused-ring (bicyclic) bond motifs is 10. The second-order valence-electron chi connectivity index (χ2n) is 12.2. The molecular formula is C44H26N2S. The number of hydrogen-bond donors (Lipinski definition) is 0. The van der Waals surface area contributed by atoms with Crippen LogP contribution < -0.4 is 0 Å². The van der Waals surface area contributed by atoms with Crippen LogP contribution in [-0.4, -0.2) is 9.97 Å². The molecule has 3 heteroatoms. The van der Waals surface area contributed by atoms with E-state index in [1.807, 2.05) is 17.4 Å². The minimum Gasteiger partial charge on any atom is -0.245 e. The number of rotatable bonds is 3. The topological polar surface area (TPSA) is 25.8 Å². The summed E-state index contributed by atoms with van der Waals surface area (Å²) in [6.45, 7) is 0. The zero-order valence-electron chi connectivity index (χ0n) is 25.3. The second-order valence-corrected chi connectivity index (χ2v) is 13.2. The molecule has 0 aliphatic carbocycles. The third-order valence-corrected chi connectivity index (χ3v) is 10.6. The average molecular weight is 615 g/mol. The summed E-state index contributed by atoms with van der Waals surface area (Å²) in [4.78, 5) is 10.3. The molecule has 10 aromatic rings. The Morgan fingerprint density at radius 2 is 0.915 bits per heavy atom. The molecule has 0 fully saturated rings. The maximum atomic E-state index is 5.19. The van der Waals surface area contributed by atoms with Gasteiger partial charge in [0.15, 0.2) is 0 Å². The Labute approximate surface area is 275 Å². The van der Waals surface area contributed by atoms with Crippen LogP contribution in [0.4, 0.5) is 0 Å². The van der Waals surface area contributed by atoms with Gasteiger partial charge in [-0.2, -0.15) is 0 Å². The molecule has 218 valence electrons. The van der Waals surface area contributed by atoms with Crippen molar-refractivity contribution >= 4 is 74.9 Å². The molecular weight excluding hydrogens is 589 g/mol. The first kappa shape index (κ1) is 26.3. The first-order valence-electron chi connectivity index (χ1n) is 15.9. The predicted molar refractivity (Wildman–Crippen MR) is 201 cm³/mol. The van der Waals surface area contributed by atoms with Gasteiger partial charge in [-0.3, -0.25) is 0 Å². The molecule has 0 saturated carbocycles. The third-order valence-electron chi connectivity index (χ3n) is 9.44. The number of aromatic nitrogens is 2. The highest BCUT2D eigenvalue weighted by Crippen LogP contribution is 2.43. The van der Waals surface area contributed by atoms with E-state index in [2.05, 4.69) is 152 Å². The van der Waals surface area contributed by atoms with E-state index in [4.69, 9.17) is 9.97 Å². The smallest absolute Gasteiger partial charge is 0.0972 e. The molecule has 0 radical (unpaired) electrons. The van der Waals surface area contributed by atoms with Gasteiger partial charge in [-0.15, -0.1) is 11.3 Å². The average Bonchev–Trinajstić information content (AvgIpc) is 3.53. The van der Waals surface area contributed by atoms with Gasteiger partial charge in [-0.1, -0.05) is 127 Å². The fourth-order valence-electron chi connectivity index (χ4n) is 7.17. The summed E-state index contributed by atoms with van der Waals surface area (Å²) in [5, 5.41) is 10.1. The molecule has 10 rings (SSSR count). The Bertz CT molecular complexity index is 2830. The predicted octanol–water partition coefficient (Wildman–Crippen LogP) is 12.5. The number of thiophene rings is 1. The quantitative estimate of drug-likeness (QED) is 0.185. The molecule has 0 aliphatic rings. The highest BCUT2D eigenvalue weighted by Gasteiger charge is 2.15. The van der Waals surface area contributed by atoms with Crippen molar-refractivity contribution in [2.45, 2.75) is 0 Å². The lowest BCUT2D eigenvalue weighted by molar-refractivity contribution is 1.36. The monoisotopic (exact) mass is 614 g/mol. The Balaban J connectivity index is 1.10. The van der Waals surface area contributed by atoms with Crippen LogP contribution in [0.15, 0.2) is 158 Å². The van der Waals surface area contributed by atoms with Crippen LogP contribution in [0.1, 0.15) is 0 Å². The lowest BCUT2D eigenvalue weighted by Crippen LogP contribution is -1.91. The molecule has 0 aliphatic heterocycles. The Morgan fingerprint density at radius 1 is 0.362 bits per heavy atom. The highest BCUT2D eigenvalue weighted by molar-refractivity contribution is 7.26. The molecule has 0 saturated heterocycles. The first-order chi connectivity index (χ1) is 23.3. The summed E-state index contributed by atoms with van der Waals surface area (Å²) in [6, 6.07) is 56.6. The van der Waals surface area contributed by atoms with E-state index in [9.17, 15) is 0 Å². The van der Waals surface area contributed by atoms with Crippen molar-refractivity contribution in [1.29, 1.82) is 0 Å². The van der Waals surface area contributed by atoms with E-state index in [1.54, 1.807) is 0 Å². The van der Waals surface area contributed by atoms with Crippen LogP contribution in [0.5, 0.6) is 0 Å². The molecule has 0 amide bonds. The van der Waals surface area contributed by atoms with Crippen molar-refractivity contribution in [3.8, 4) is 33.6 Å². The normalized spacial score (nSPS) is 11.8. The molecule has 0 atom stereocenters. The molecule has 0 unspecified atom stereocenters. The van der Waals surface area contributed by atoms with E-state index < -0.39 is 0 Å². The van der Waals surface area contributed by atoms with Crippen LogP contribution >= 0.6 is 11.3 Å². The lowest BCUT2D eigenvalue weighted by atomic mass is 9.91. The minimum atomic E-state index is 0.926. The van der Waals surface area contributed by atoms with Crippen molar-refractivity contribution in [1.82, 2.24) is 9.97 Å². The van der Waals surface area contributed by atoms with Crippen molar-refractivity contribution in [2.24, 2.45) is 0 Å². The van der Waals surface area contributed by atoms with E-state index in [-0.39, 0.29) is 0 Å². The molecule has 7 aromatic carbocycles. The maximum absolute atomic E-state index is 5.19. The fourth-order valence-corrected chi connectivity index (χ4v) is 8.28. The molecule has 47 heavy (non-hydrogen) atoms. The van der Waals surface area contributed by atoms with Gasteiger partial charge in [0.25, 0.3) is 0 Å². The van der Waals surface area contributed by atoms with Crippen molar-refractivity contribution in [3.05, 3.63) is 158 Å². The van der Waals surface area contributed by atoms with Crippen LogP contribution in [0.2, 0.25) is 0 Å². The summed E-state index contributed by atoms with van der Waals surface area (Å²) >= 11 is 1.88. The molecule has 0 bridgehead atoms. The van der Waals surface area contributed by atoms with Gasteiger partial charge in [0.2, 0.25) is 0 Å². The Kier molecular flexibility index (Phi) is 5.78. The maximum Gasteiger partial charge on any atom is 0.0972 e. The van der Waals surface area contributed by atoms with E-state index in [0.717, 1.165) is 44.3 Å². The lowest BCUT2D eigenvalue weighted by Gasteiger charge is -2.13. The van der Waals surface area contributed by atoms with E-state index >= 15 is 0 Å². The second kappa shape index (κ2) is 10.3. The molecule has 3 heterocycles. The van der Waals surface area contributed by atoms with Crippen LogP contribution in [-0.2, 0) is 0 Å². The zero-order valence-corrected chi connectivity index (χ0v) is 26.1. The van der Waals surface area contributed by atoms with Gasteiger partial charge >= 0.3 is 0 Å². The third kappa shape index (κ3) is 4.17. The van der Waals surface area contributed by atoms with Gasteiger partial charge in [0.1, 0.15) is 0 Å².